The van der Waals surface area contributed by atoms with Crippen LogP contribution in [-0.4, -0.2) is 65.0 Å². The van der Waals surface area contributed by atoms with Gasteiger partial charge < -0.3 is 20.1 Å². The Morgan fingerprint density at radius 1 is 1.30 bits per heavy atom. The summed E-state index contributed by atoms with van der Waals surface area (Å²) in [6.45, 7) is 6.40. The van der Waals surface area contributed by atoms with E-state index < -0.39 is 0 Å². The highest BCUT2D eigenvalue weighted by Crippen LogP contribution is 2.20. The second-order valence-corrected chi connectivity index (χ2v) is 7.78. The zero-order chi connectivity index (χ0) is 20.2. The van der Waals surface area contributed by atoms with Gasteiger partial charge in [0.25, 0.3) is 0 Å². The monoisotopic (exact) mass is 543 g/mol. The minimum absolute atomic E-state index is 0. The van der Waals surface area contributed by atoms with Crippen LogP contribution in [0.5, 0.6) is 0 Å². The van der Waals surface area contributed by atoms with Gasteiger partial charge in [-0.2, -0.15) is 4.37 Å². The highest BCUT2D eigenvalue weighted by Gasteiger charge is 2.22. The summed E-state index contributed by atoms with van der Waals surface area (Å²) >= 11 is 1.48. The smallest absolute Gasteiger partial charge is 0.205 e. The molecule has 1 aliphatic rings. The highest BCUT2D eigenvalue weighted by molar-refractivity contribution is 14.0. The number of H-pyrrole nitrogens is 1. The first-order valence-electron chi connectivity index (χ1n) is 9.96. The lowest BCUT2D eigenvalue weighted by molar-refractivity contribution is 0.372. The number of nitrogens with zero attached hydrogens (tertiary/aromatic N) is 5. The van der Waals surface area contributed by atoms with Crippen molar-refractivity contribution in [3.63, 3.8) is 0 Å². The van der Waals surface area contributed by atoms with E-state index in [1.54, 1.807) is 12.1 Å². The quantitative estimate of drug-likeness (QED) is 0.294. The second-order valence-electron chi connectivity index (χ2n) is 7.05. The van der Waals surface area contributed by atoms with Gasteiger partial charge in [-0.3, -0.25) is 4.99 Å². The van der Waals surface area contributed by atoms with Crippen molar-refractivity contribution in [1.29, 1.82) is 0 Å². The molecule has 0 amide bonds. The maximum atomic E-state index is 13.6. The molecule has 1 saturated heterocycles. The van der Waals surface area contributed by atoms with E-state index in [0.717, 1.165) is 78.9 Å². The van der Waals surface area contributed by atoms with Crippen molar-refractivity contribution in [3.05, 3.63) is 41.6 Å². The number of aryl methyl sites for hydroxylation is 1. The molecule has 30 heavy (non-hydrogen) atoms. The van der Waals surface area contributed by atoms with Gasteiger partial charge >= 0.3 is 0 Å². The zero-order valence-electron chi connectivity index (χ0n) is 17.2. The van der Waals surface area contributed by atoms with Crippen LogP contribution in [0.3, 0.4) is 0 Å². The fraction of sp³-hybridized carbons (Fsp3) is 0.450. The number of benzene rings is 1. The summed E-state index contributed by atoms with van der Waals surface area (Å²) in [7, 11) is 1.81. The molecule has 2 N–H and O–H groups in total. The van der Waals surface area contributed by atoms with Crippen molar-refractivity contribution in [2.75, 3.05) is 44.7 Å². The van der Waals surface area contributed by atoms with Gasteiger partial charge in [0.1, 0.15) is 11.6 Å². The average molecular weight is 543 g/mol. The minimum atomic E-state index is -0.207. The van der Waals surface area contributed by atoms with Crippen LogP contribution in [0, 0.1) is 5.82 Å². The molecule has 162 valence electrons. The highest BCUT2D eigenvalue weighted by atomic mass is 127. The molecule has 1 aliphatic heterocycles. The van der Waals surface area contributed by atoms with E-state index in [2.05, 4.69) is 41.4 Å². The number of nitrogens with one attached hydrogen (secondary N) is 2. The molecule has 2 aromatic heterocycles. The summed E-state index contributed by atoms with van der Waals surface area (Å²) in [4.78, 5) is 16.8. The molecule has 0 radical (unpaired) electrons. The molecule has 0 bridgehead atoms. The number of aromatic amines is 1. The van der Waals surface area contributed by atoms with Gasteiger partial charge in [0.15, 0.2) is 5.96 Å². The third kappa shape index (κ3) is 5.02. The first-order valence-corrected chi connectivity index (χ1v) is 10.7. The van der Waals surface area contributed by atoms with E-state index in [-0.39, 0.29) is 29.8 Å². The molecule has 0 atom stereocenters. The van der Waals surface area contributed by atoms with Gasteiger partial charge in [0, 0.05) is 74.8 Å². The molecule has 7 nitrogen and oxygen atoms in total. The van der Waals surface area contributed by atoms with Crippen molar-refractivity contribution in [2.24, 2.45) is 4.99 Å². The number of hydrogen-bond donors (Lipinski definition) is 2. The predicted octanol–water partition coefficient (Wildman–Crippen LogP) is 3.28. The van der Waals surface area contributed by atoms with Gasteiger partial charge in [-0.1, -0.05) is 6.92 Å². The zero-order valence-corrected chi connectivity index (χ0v) is 20.3. The lowest BCUT2D eigenvalue weighted by Gasteiger charge is -2.36. The van der Waals surface area contributed by atoms with Gasteiger partial charge in [-0.05, 0) is 30.2 Å². The lowest BCUT2D eigenvalue weighted by atomic mass is 10.1. The molecule has 0 aliphatic carbocycles. The maximum Gasteiger partial charge on any atom is 0.205 e. The molecule has 3 aromatic rings. The predicted molar refractivity (Wildman–Crippen MR) is 132 cm³/mol. The van der Waals surface area contributed by atoms with Crippen LogP contribution in [-0.2, 0) is 12.8 Å². The number of aromatic nitrogens is 3. The summed E-state index contributed by atoms with van der Waals surface area (Å²) in [6, 6.07) is 4.85. The topological polar surface area (TPSA) is 72.4 Å². The number of aliphatic imine (C=N–C) groups is 1. The van der Waals surface area contributed by atoms with Crippen LogP contribution in [0.15, 0.2) is 29.4 Å². The molecule has 10 heteroatoms. The number of hydrogen-bond acceptors (Lipinski definition) is 5. The molecular formula is C20H27FIN7S. The minimum Gasteiger partial charge on any atom is -0.361 e. The van der Waals surface area contributed by atoms with E-state index >= 15 is 0 Å². The molecule has 4 rings (SSSR count). The summed E-state index contributed by atoms with van der Waals surface area (Å²) in [6.07, 6.45) is 3.63. The number of halogens is 2. The number of guanidine groups is 1. The van der Waals surface area contributed by atoms with Crippen LogP contribution < -0.4 is 10.2 Å². The van der Waals surface area contributed by atoms with Crippen molar-refractivity contribution in [1.82, 2.24) is 24.6 Å². The van der Waals surface area contributed by atoms with Crippen LogP contribution in [0.2, 0.25) is 0 Å². The normalized spacial score (nSPS) is 14.8. The first-order chi connectivity index (χ1) is 14.2. The Balaban J connectivity index is 0.00000256. The van der Waals surface area contributed by atoms with Gasteiger partial charge in [-0.25, -0.2) is 9.37 Å². The molecule has 0 saturated carbocycles. The fourth-order valence-corrected chi connectivity index (χ4v) is 4.43. The Labute approximate surface area is 197 Å². The Morgan fingerprint density at radius 2 is 2.10 bits per heavy atom. The lowest BCUT2D eigenvalue weighted by Crippen LogP contribution is -2.52. The number of anilines is 1. The number of rotatable bonds is 5. The molecule has 1 fully saturated rings. The summed E-state index contributed by atoms with van der Waals surface area (Å²) in [5.74, 6) is 1.62. The molecule has 1 aromatic carbocycles. The summed E-state index contributed by atoms with van der Waals surface area (Å²) < 4.78 is 17.9. The van der Waals surface area contributed by atoms with Crippen molar-refractivity contribution in [3.8, 4) is 0 Å². The largest absolute Gasteiger partial charge is 0.361 e. The Hall–Kier alpha value is -1.95. The van der Waals surface area contributed by atoms with E-state index in [1.807, 2.05) is 13.2 Å². The molecule has 3 heterocycles. The van der Waals surface area contributed by atoms with Crippen molar-refractivity contribution in [2.45, 2.75) is 19.8 Å². The van der Waals surface area contributed by atoms with Gasteiger partial charge in [-0.15, -0.1) is 24.0 Å². The Morgan fingerprint density at radius 3 is 2.80 bits per heavy atom. The molecule has 0 spiro atoms. The van der Waals surface area contributed by atoms with E-state index in [1.165, 1.54) is 17.6 Å². The molecular weight excluding hydrogens is 516 g/mol. The number of piperazine rings is 1. The Kier molecular flexibility index (Phi) is 7.87. The molecule has 0 unspecified atom stereocenters. The van der Waals surface area contributed by atoms with Crippen LogP contribution >= 0.6 is 35.5 Å². The first kappa shape index (κ1) is 22.7. The van der Waals surface area contributed by atoms with Gasteiger partial charge in [0.2, 0.25) is 5.13 Å². The van der Waals surface area contributed by atoms with E-state index in [0.29, 0.717) is 0 Å². The van der Waals surface area contributed by atoms with Crippen molar-refractivity contribution < 1.29 is 4.39 Å². The second kappa shape index (κ2) is 10.4. The summed E-state index contributed by atoms with van der Waals surface area (Å²) in [5.41, 5.74) is 2.07. The SMILES string of the molecule is CCc1nsc(N2CCN(C(=NC)NCCc3c[nH]c4ccc(F)cc34)CC2)n1.I. The standard InChI is InChI=1S/C20H26FN7S.HI/c1-3-18-25-20(29-26-18)28-10-8-27(9-11-28)19(22-2)23-7-6-14-13-24-17-5-4-15(21)12-16(14)17;/h4-5,12-13,24H,3,6-11H2,1-2H3,(H,22,23);1H. The Bertz CT molecular complexity index is 994. The van der Waals surface area contributed by atoms with Gasteiger partial charge in [0.05, 0.1) is 0 Å². The number of fused-ring (bicyclic) bond motifs is 1. The van der Waals surface area contributed by atoms with Crippen molar-refractivity contribution >= 4 is 57.5 Å². The van der Waals surface area contributed by atoms with Crippen LogP contribution in [0.1, 0.15) is 18.3 Å². The fourth-order valence-electron chi connectivity index (χ4n) is 3.63. The maximum absolute atomic E-state index is 13.6. The van der Waals surface area contributed by atoms with E-state index in [4.69, 9.17) is 0 Å². The average Bonchev–Trinajstić information content (AvgIpc) is 3.38. The van der Waals surface area contributed by atoms with E-state index in [9.17, 15) is 4.39 Å². The van der Waals surface area contributed by atoms with Crippen LogP contribution in [0.4, 0.5) is 9.52 Å². The summed E-state index contributed by atoms with van der Waals surface area (Å²) in [5, 5.41) is 5.40. The van der Waals surface area contributed by atoms with Crippen LogP contribution in [0.25, 0.3) is 10.9 Å². The third-order valence-corrected chi connectivity index (χ3v) is 6.06. The third-order valence-electron chi connectivity index (χ3n) is 5.24.